The van der Waals surface area contributed by atoms with Crippen molar-refractivity contribution >= 4 is 23.4 Å². The summed E-state index contributed by atoms with van der Waals surface area (Å²) in [6.45, 7) is 0. The van der Waals surface area contributed by atoms with E-state index in [0.29, 0.717) is 17.8 Å². The van der Waals surface area contributed by atoms with Gasteiger partial charge in [-0.2, -0.15) is 4.98 Å². The third kappa shape index (κ3) is 2.25. The predicted molar refractivity (Wildman–Crippen MR) is 79.9 cm³/mol. The molecule has 4 bridgehead atoms. The molecule has 1 aromatic heterocycles. The van der Waals surface area contributed by atoms with Crippen LogP contribution in [-0.2, 0) is 0 Å². The number of hydrogen-bond donors (Lipinski definition) is 3. The van der Waals surface area contributed by atoms with Crippen LogP contribution in [0.25, 0.3) is 0 Å². The number of halogens is 1. The van der Waals surface area contributed by atoms with E-state index in [1.807, 2.05) is 0 Å². The van der Waals surface area contributed by atoms with Crippen LogP contribution in [0.3, 0.4) is 0 Å². The van der Waals surface area contributed by atoms with E-state index in [0.717, 1.165) is 32.1 Å². The lowest BCUT2D eigenvalue weighted by Crippen LogP contribution is -2.59. The molecule has 4 saturated carbocycles. The number of carboxylic acid groups (broad SMARTS) is 1. The highest BCUT2D eigenvalue weighted by Crippen LogP contribution is 2.56. The Kier molecular flexibility index (Phi) is 3.10. The number of anilines is 1. The van der Waals surface area contributed by atoms with Crippen LogP contribution in [-0.4, -0.2) is 37.8 Å². The Bertz CT molecular complexity index is 622. The molecule has 6 nitrogen and oxygen atoms in total. The number of aromatic nitrogens is 2. The van der Waals surface area contributed by atoms with Crippen molar-refractivity contribution in [3.63, 3.8) is 0 Å². The van der Waals surface area contributed by atoms with Gasteiger partial charge in [-0.25, -0.2) is 9.78 Å². The molecule has 4 aliphatic carbocycles. The van der Waals surface area contributed by atoms with Crippen LogP contribution in [0.15, 0.2) is 6.20 Å². The minimum absolute atomic E-state index is 0.0370. The van der Waals surface area contributed by atoms with Crippen molar-refractivity contribution in [2.24, 2.45) is 17.8 Å². The highest BCUT2D eigenvalue weighted by Gasteiger charge is 2.54. The Balaban J connectivity index is 1.62. The molecule has 4 fully saturated rings. The molecule has 2 atom stereocenters. The molecule has 7 heteroatoms. The first-order valence-corrected chi connectivity index (χ1v) is 8.06. The van der Waals surface area contributed by atoms with E-state index in [-0.39, 0.29) is 22.7 Å². The number of nitrogens with zero attached hydrogens (tertiary/aromatic N) is 2. The van der Waals surface area contributed by atoms with E-state index in [4.69, 9.17) is 11.6 Å². The number of carboxylic acids is 1. The Morgan fingerprint density at radius 1 is 1.32 bits per heavy atom. The van der Waals surface area contributed by atoms with Gasteiger partial charge in [-0.05, 0) is 61.5 Å². The number of aromatic carboxylic acids is 1. The molecule has 5 rings (SSSR count). The van der Waals surface area contributed by atoms with Gasteiger partial charge in [0, 0.05) is 12.2 Å². The highest BCUT2D eigenvalue weighted by atomic mass is 35.5. The zero-order chi connectivity index (χ0) is 15.5. The molecular weight excluding hydrogens is 306 g/mol. The minimum Gasteiger partial charge on any atom is -0.477 e. The van der Waals surface area contributed by atoms with Crippen LogP contribution in [0.5, 0.6) is 0 Å². The number of nitrogens with one attached hydrogen (secondary N) is 1. The maximum absolute atomic E-state index is 11.3. The fourth-order valence-corrected chi connectivity index (χ4v) is 5.14. The molecule has 3 N–H and O–H groups in total. The average molecular weight is 324 g/mol. The van der Waals surface area contributed by atoms with Gasteiger partial charge in [0.1, 0.15) is 11.4 Å². The molecule has 0 saturated heterocycles. The zero-order valence-corrected chi connectivity index (χ0v) is 12.8. The van der Waals surface area contributed by atoms with Gasteiger partial charge >= 0.3 is 5.97 Å². The lowest BCUT2D eigenvalue weighted by Gasteiger charge is -2.58. The fraction of sp³-hybridized carbons (Fsp3) is 0.667. The van der Waals surface area contributed by atoms with Gasteiger partial charge in [0.25, 0.3) is 0 Å². The van der Waals surface area contributed by atoms with Gasteiger partial charge in [0.2, 0.25) is 5.28 Å². The largest absolute Gasteiger partial charge is 0.477 e. The van der Waals surface area contributed by atoms with Crippen LogP contribution < -0.4 is 5.32 Å². The summed E-state index contributed by atoms with van der Waals surface area (Å²) in [7, 11) is 0. The summed E-state index contributed by atoms with van der Waals surface area (Å²) in [5.74, 6) is 0.560. The Labute approximate surface area is 132 Å². The van der Waals surface area contributed by atoms with Crippen LogP contribution >= 0.6 is 11.6 Å². The van der Waals surface area contributed by atoms with Crippen LogP contribution in [0.4, 0.5) is 5.82 Å². The Hall–Kier alpha value is -1.40. The third-order valence-electron chi connectivity index (χ3n) is 5.53. The molecule has 0 aliphatic heterocycles. The van der Waals surface area contributed by atoms with Crippen molar-refractivity contribution in [3.8, 4) is 0 Å². The standard InChI is InChI=1S/C15H18ClN3O3/c16-14-17-6-10(13(20)21)12(19-14)18-11-8-1-7-2-9(11)5-15(22,3-7)4-8/h6-9,11,22H,1-5H2,(H,20,21)(H,17,18,19). The number of hydrogen-bond acceptors (Lipinski definition) is 5. The minimum atomic E-state index is -1.07. The molecule has 2 unspecified atom stereocenters. The first-order valence-electron chi connectivity index (χ1n) is 7.68. The second kappa shape index (κ2) is 4.80. The SMILES string of the molecule is O=C(O)c1cnc(Cl)nc1NC1C2CC3CC1CC(O)(C3)C2. The monoisotopic (exact) mass is 323 g/mol. The average Bonchev–Trinajstić information content (AvgIpc) is 2.40. The second-order valence-electron chi connectivity index (χ2n) is 7.07. The van der Waals surface area contributed by atoms with E-state index < -0.39 is 11.6 Å². The summed E-state index contributed by atoms with van der Waals surface area (Å²) < 4.78 is 0. The van der Waals surface area contributed by atoms with Gasteiger partial charge in [-0.1, -0.05) is 0 Å². The van der Waals surface area contributed by atoms with Crippen LogP contribution in [0.2, 0.25) is 5.28 Å². The molecule has 1 heterocycles. The molecule has 0 amide bonds. The van der Waals surface area contributed by atoms with Gasteiger partial charge in [0.05, 0.1) is 5.60 Å². The van der Waals surface area contributed by atoms with Crippen LogP contribution in [0, 0.1) is 17.8 Å². The maximum atomic E-state index is 11.3. The molecule has 0 radical (unpaired) electrons. The van der Waals surface area contributed by atoms with E-state index in [1.165, 1.54) is 6.20 Å². The summed E-state index contributed by atoms with van der Waals surface area (Å²) in [6.07, 6.45) is 5.93. The molecule has 22 heavy (non-hydrogen) atoms. The van der Waals surface area contributed by atoms with Crippen molar-refractivity contribution in [1.82, 2.24) is 9.97 Å². The van der Waals surface area contributed by atoms with E-state index in [9.17, 15) is 15.0 Å². The van der Waals surface area contributed by atoms with Gasteiger partial charge in [0.15, 0.2) is 0 Å². The fourth-order valence-electron chi connectivity index (χ4n) is 5.00. The molecule has 0 spiro atoms. The molecule has 118 valence electrons. The van der Waals surface area contributed by atoms with Crippen molar-refractivity contribution in [2.75, 3.05) is 5.32 Å². The summed E-state index contributed by atoms with van der Waals surface area (Å²) >= 11 is 5.82. The predicted octanol–water partition coefficient (Wildman–Crippen LogP) is 2.18. The number of carbonyl (C=O) groups is 1. The topological polar surface area (TPSA) is 95.3 Å². The van der Waals surface area contributed by atoms with Gasteiger partial charge < -0.3 is 15.5 Å². The summed E-state index contributed by atoms with van der Waals surface area (Å²) in [6, 6.07) is 0.154. The van der Waals surface area contributed by atoms with Crippen LogP contribution in [0.1, 0.15) is 42.5 Å². The Morgan fingerprint density at radius 3 is 2.59 bits per heavy atom. The molecule has 4 aliphatic rings. The molecule has 0 aromatic carbocycles. The van der Waals surface area contributed by atoms with Gasteiger partial charge in [-0.15, -0.1) is 0 Å². The van der Waals surface area contributed by atoms with Crippen molar-refractivity contribution in [2.45, 2.75) is 43.7 Å². The first-order chi connectivity index (χ1) is 10.4. The van der Waals surface area contributed by atoms with E-state index in [1.54, 1.807) is 0 Å². The zero-order valence-electron chi connectivity index (χ0n) is 12.0. The number of rotatable bonds is 3. The quantitative estimate of drug-likeness (QED) is 0.738. The highest BCUT2D eigenvalue weighted by molar-refractivity contribution is 6.28. The molecule has 1 aromatic rings. The maximum Gasteiger partial charge on any atom is 0.341 e. The third-order valence-corrected chi connectivity index (χ3v) is 5.72. The van der Waals surface area contributed by atoms with E-state index in [2.05, 4.69) is 15.3 Å². The van der Waals surface area contributed by atoms with Crippen molar-refractivity contribution in [3.05, 3.63) is 17.0 Å². The molecular formula is C15H18ClN3O3. The Morgan fingerprint density at radius 2 is 2.00 bits per heavy atom. The van der Waals surface area contributed by atoms with Gasteiger partial charge in [-0.3, -0.25) is 0 Å². The smallest absolute Gasteiger partial charge is 0.341 e. The number of aliphatic hydroxyl groups is 1. The van der Waals surface area contributed by atoms with E-state index >= 15 is 0 Å². The lowest BCUT2D eigenvalue weighted by molar-refractivity contribution is -0.129. The first kappa shape index (κ1) is 14.2. The normalized spacial score (nSPS) is 39.0. The summed E-state index contributed by atoms with van der Waals surface area (Å²) in [4.78, 5) is 19.1. The summed E-state index contributed by atoms with van der Waals surface area (Å²) in [5.41, 5.74) is -0.468. The van der Waals surface area contributed by atoms with Crippen molar-refractivity contribution < 1.29 is 15.0 Å². The lowest BCUT2D eigenvalue weighted by atomic mass is 9.52. The summed E-state index contributed by atoms with van der Waals surface area (Å²) in [5, 5.41) is 23.2. The second-order valence-corrected chi connectivity index (χ2v) is 7.41. The van der Waals surface area contributed by atoms with Crippen molar-refractivity contribution in [1.29, 1.82) is 0 Å².